The van der Waals surface area contributed by atoms with Crippen molar-refractivity contribution in [3.05, 3.63) is 64.7 Å². The normalized spacial score (nSPS) is 16.5. The SMILES string of the molecule is Cc1ccc(S(=O)(=O)N2CC(Cc3ccc(Cl)cc3)C2)cc1. The van der Waals surface area contributed by atoms with Crippen LogP contribution in [0.15, 0.2) is 53.4 Å². The van der Waals surface area contributed by atoms with Crippen LogP contribution in [-0.2, 0) is 16.4 Å². The van der Waals surface area contributed by atoms with Crippen molar-refractivity contribution in [1.29, 1.82) is 0 Å². The van der Waals surface area contributed by atoms with E-state index in [2.05, 4.69) is 0 Å². The van der Waals surface area contributed by atoms with Crippen LogP contribution < -0.4 is 0 Å². The van der Waals surface area contributed by atoms with Crippen LogP contribution in [0.25, 0.3) is 0 Å². The summed E-state index contributed by atoms with van der Waals surface area (Å²) >= 11 is 5.87. The Morgan fingerprint density at radius 2 is 1.64 bits per heavy atom. The van der Waals surface area contributed by atoms with Gasteiger partial charge in [0.15, 0.2) is 0 Å². The van der Waals surface area contributed by atoms with Crippen LogP contribution in [0.3, 0.4) is 0 Å². The molecule has 0 spiro atoms. The lowest BCUT2D eigenvalue weighted by Crippen LogP contribution is -2.50. The minimum Gasteiger partial charge on any atom is -0.207 e. The third kappa shape index (κ3) is 3.19. The lowest BCUT2D eigenvalue weighted by atomic mass is 9.94. The fraction of sp³-hybridized carbons (Fsp3) is 0.294. The highest BCUT2D eigenvalue weighted by atomic mass is 35.5. The Morgan fingerprint density at radius 3 is 2.23 bits per heavy atom. The molecule has 0 radical (unpaired) electrons. The molecule has 22 heavy (non-hydrogen) atoms. The van der Waals surface area contributed by atoms with Crippen LogP contribution in [0.2, 0.25) is 5.02 Å². The van der Waals surface area contributed by atoms with Gasteiger partial charge in [-0.3, -0.25) is 0 Å². The molecule has 1 aliphatic rings. The second kappa shape index (κ2) is 6.03. The molecule has 0 unspecified atom stereocenters. The molecular weight excluding hydrogens is 318 g/mol. The van der Waals surface area contributed by atoms with Crippen molar-refractivity contribution in [2.24, 2.45) is 5.92 Å². The highest BCUT2D eigenvalue weighted by molar-refractivity contribution is 7.89. The Morgan fingerprint density at radius 1 is 1.05 bits per heavy atom. The van der Waals surface area contributed by atoms with E-state index in [0.717, 1.165) is 17.0 Å². The summed E-state index contributed by atoms with van der Waals surface area (Å²) in [5.74, 6) is 0.376. The van der Waals surface area contributed by atoms with Gasteiger partial charge in [-0.1, -0.05) is 41.4 Å². The van der Waals surface area contributed by atoms with Gasteiger partial charge in [-0.25, -0.2) is 8.42 Å². The van der Waals surface area contributed by atoms with E-state index in [1.807, 2.05) is 43.3 Å². The lowest BCUT2D eigenvalue weighted by Gasteiger charge is -2.38. The Bertz CT molecular complexity index is 748. The van der Waals surface area contributed by atoms with E-state index in [1.54, 1.807) is 16.4 Å². The summed E-state index contributed by atoms with van der Waals surface area (Å²) in [4.78, 5) is 0.378. The molecule has 3 nitrogen and oxygen atoms in total. The second-order valence-corrected chi connectivity index (χ2v) is 8.21. The zero-order valence-electron chi connectivity index (χ0n) is 12.4. The van der Waals surface area contributed by atoms with Gasteiger partial charge in [0, 0.05) is 18.1 Å². The molecule has 0 aromatic heterocycles. The van der Waals surface area contributed by atoms with E-state index in [9.17, 15) is 8.42 Å². The number of halogens is 1. The fourth-order valence-electron chi connectivity index (χ4n) is 2.66. The number of benzene rings is 2. The predicted octanol–water partition coefficient (Wildman–Crippen LogP) is 3.51. The summed E-state index contributed by atoms with van der Waals surface area (Å²) in [6.07, 6.45) is 0.886. The molecule has 1 heterocycles. The molecule has 116 valence electrons. The molecular formula is C17H18ClNO2S. The van der Waals surface area contributed by atoms with Crippen LogP contribution in [0.1, 0.15) is 11.1 Å². The summed E-state index contributed by atoms with van der Waals surface area (Å²) in [6.45, 7) is 3.11. The van der Waals surface area contributed by atoms with Gasteiger partial charge in [-0.05, 0) is 49.1 Å². The minimum absolute atomic E-state index is 0.376. The third-order valence-electron chi connectivity index (χ3n) is 4.02. The molecule has 1 saturated heterocycles. The van der Waals surface area contributed by atoms with Crippen molar-refractivity contribution in [1.82, 2.24) is 4.31 Å². The molecule has 1 fully saturated rings. The first kappa shape index (κ1) is 15.5. The average molecular weight is 336 g/mol. The topological polar surface area (TPSA) is 37.4 Å². The lowest BCUT2D eigenvalue weighted by molar-refractivity contribution is 0.200. The second-order valence-electron chi connectivity index (χ2n) is 5.83. The molecule has 0 bridgehead atoms. The van der Waals surface area contributed by atoms with Gasteiger partial charge in [0.2, 0.25) is 10.0 Å². The maximum Gasteiger partial charge on any atom is 0.243 e. The molecule has 0 atom stereocenters. The number of sulfonamides is 1. The Labute approximate surface area is 136 Å². The molecule has 2 aromatic rings. The van der Waals surface area contributed by atoms with E-state index >= 15 is 0 Å². The molecule has 2 aromatic carbocycles. The highest BCUT2D eigenvalue weighted by Gasteiger charge is 2.36. The summed E-state index contributed by atoms with van der Waals surface area (Å²) in [5, 5.41) is 0.723. The van der Waals surface area contributed by atoms with Gasteiger partial charge in [0.05, 0.1) is 4.90 Å². The van der Waals surface area contributed by atoms with E-state index in [0.29, 0.717) is 23.9 Å². The number of hydrogen-bond acceptors (Lipinski definition) is 2. The summed E-state index contributed by atoms with van der Waals surface area (Å²) in [7, 11) is -3.34. The van der Waals surface area contributed by atoms with Crippen LogP contribution in [0.4, 0.5) is 0 Å². The van der Waals surface area contributed by atoms with Gasteiger partial charge >= 0.3 is 0 Å². The average Bonchev–Trinajstić information content (AvgIpc) is 2.44. The number of rotatable bonds is 4. The zero-order valence-corrected chi connectivity index (χ0v) is 13.9. The van der Waals surface area contributed by atoms with Crippen molar-refractivity contribution >= 4 is 21.6 Å². The molecule has 5 heteroatoms. The maximum atomic E-state index is 12.5. The number of aryl methyl sites for hydroxylation is 1. The first-order valence-corrected chi connectivity index (χ1v) is 9.08. The van der Waals surface area contributed by atoms with E-state index in [4.69, 9.17) is 11.6 Å². The molecule has 0 N–H and O–H groups in total. The van der Waals surface area contributed by atoms with E-state index in [1.165, 1.54) is 5.56 Å². The summed E-state index contributed by atoms with van der Waals surface area (Å²) < 4.78 is 26.5. The van der Waals surface area contributed by atoms with E-state index < -0.39 is 10.0 Å². The number of hydrogen-bond donors (Lipinski definition) is 0. The zero-order chi connectivity index (χ0) is 15.7. The van der Waals surface area contributed by atoms with Crippen LogP contribution in [0.5, 0.6) is 0 Å². The smallest absolute Gasteiger partial charge is 0.207 e. The van der Waals surface area contributed by atoms with Crippen molar-refractivity contribution in [3.8, 4) is 0 Å². The molecule has 0 saturated carbocycles. The molecule has 3 rings (SSSR count). The molecule has 0 amide bonds. The number of nitrogens with zero attached hydrogens (tertiary/aromatic N) is 1. The summed E-state index contributed by atoms with van der Waals surface area (Å²) in [5.41, 5.74) is 2.25. The highest BCUT2D eigenvalue weighted by Crippen LogP contribution is 2.27. The van der Waals surface area contributed by atoms with Crippen molar-refractivity contribution in [2.45, 2.75) is 18.2 Å². The van der Waals surface area contributed by atoms with Gasteiger partial charge in [-0.2, -0.15) is 4.31 Å². The molecule has 1 aliphatic heterocycles. The van der Waals surface area contributed by atoms with Crippen LogP contribution in [0, 0.1) is 12.8 Å². The Hall–Kier alpha value is -1.36. The quantitative estimate of drug-likeness (QED) is 0.857. The Balaban J connectivity index is 1.62. The Kier molecular flexibility index (Phi) is 4.26. The van der Waals surface area contributed by atoms with Crippen molar-refractivity contribution < 1.29 is 8.42 Å². The first-order valence-electron chi connectivity index (χ1n) is 7.26. The minimum atomic E-state index is -3.34. The fourth-order valence-corrected chi connectivity index (χ4v) is 4.38. The van der Waals surface area contributed by atoms with Crippen LogP contribution >= 0.6 is 11.6 Å². The van der Waals surface area contributed by atoms with Gasteiger partial charge < -0.3 is 0 Å². The van der Waals surface area contributed by atoms with Gasteiger partial charge in [0.25, 0.3) is 0 Å². The predicted molar refractivity (Wildman–Crippen MR) is 88.6 cm³/mol. The van der Waals surface area contributed by atoms with Gasteiger partial charge in [0.1, 0.15) is 0 Å². The first-order chi connectivity index (χ1) is 10.4. The standard InChI is InChI=1S/C17H18ClNO2S/c1-13-2-8-17(9-3-13)22(20,21)19-11-15(12-19)10-14-4-6-16(18)7-5-14/h2-9,15H,10-12H2,1H3. The van der Waals surface area contributed by atoms with E-state index in [-0.39, 0.29) is 0 Å². The monoisotopic (exact) mass is 335 g/mol. The van der Waals surface area contributed by atoms with Gasteiger partial charge in [-0.15, -0.1) is 0 Å². The van der Waals surface area contributed by atoms with Crippen molar-refractivity contribution in [2.75, 3.05) is 13.1 Å². The largest absolute Gasteiger partial charge is 0.243 e. The van der Waals surface area contributed by atoms with Crippen LogP contribution in [-0.4, -0.2) is 25.8 Å². The maximum absolute atomic E-state index is 12.5. The van der Waals surface area contributed by atoms with Crippen molar-refractivity contribution in [3.63, 3.8) is 0 Å². The molecule has 0 aliphatic carbocycles. The third-order valence-corrected chi connectivity index (χ3v) is 6.12. The summed E-state index contributed by atoms with van der Waals surface area (Å²) in [6, 6.07) is 14.8.